The molecule has 0 aromatic carbocycles. The summed E-state index contributed by atoms with van der Waals surface area (Å²) in [4.78, 5) is 6.75. The molecule has 0 bridgehead atoms. The van der Waals surface area contributed by atoms with Crippen LogP contribution in [0.2, 0.25) is 4.34 Å². The molecule has 2 rings (SSSR count). The van der Waals surface area contributed by atoms with E-state index in [9.17, 15) is 0 Å². The van der Waals surface area contributed by atoms with E-state index in [0.717, 1.165) is 28.7 Å². The number of nitrogens with zero attached hydrogens (tertiary/aromatic N) is 1. The monoisotopic (exact) mass is 258 g/mol. The van der Waals surface area contributed by atoms with Gasteiger partial charge in [0.1, 0.15) is 0 Å². The lowest BCUT2D eigenvalue weighted by Gasteiger charge is -1.91. The quantitative estimate of drug-likeness (QED) is 0.913. The van der Waals surface area contributed by atoms with Gasteiger partial charge in [-0.3, -0.25) is 0 Å². The molecular weight excluding hydrogens is 248 g/mol. The maximum Gasteiger partial charge on any atom is 0.0935 e. The molecule has 0 radical (unpaired) electrons. The molecule has 0 aliphatic heterocycles. The van der Waals surface area contributed by atoms with Crippen LogP contribution in [0.15, 0.2) is 18.3 Å². The minimum absolute atomic E-state index is 0.722. The highest BCUT2D eigenvalue weighted by Gasteiger charge is 2.06. The zero-order chi connectivity index (χ0) is 10.7. The summed E-state index contributed by atoms with van der Waals surface area (Å²) in [5.41, 5.74) is 5.46. The third-order valence-electron chi connectivity index (χ3n) is 1.96. The van der Waals surface area contributed by atoms with E-state index in [4.69, 9.17) is 17.3 Å². The van der Waals surface area contributed by atoms with E-state index in [0.29, 0.717) is 0 Å². The largest absolute Gasteiger partial charge is 0.330 e. The first kappa shape index (κ1) is 11.1. The smallest absolute Gasteiger partial charge is 0.0935 e. The van der Waals surface area contributed by atoms with Crippen molar-refractivity contribution >= 4 is 34.3 Å². The Hall–Kier alpha value is -0.420. The number of thiophene rings is 1. The van der Waals surface area contributed by atoms with Gasteiger partial charge in [0.2, 0.25) is 0 Å². The Morgan fingerprint density at radius 1 is 1.27 bits per heavy atom. The number of aromatic nitrogens is 1. The first-order valence-corrected chi connectivity index (χ1v) is 6.71. The first-order chi connectivity index (χ1) is 7.29. The van der Waals surface area contributed by atoms with Gasteiger partial charge in [0.25, 0.3) is 0 Å². The van der Waals surface area contributed by atoms with E-state index >= 15 is 0 Å². The molecule has 2 aromatic rings. The number of halogens is 1. The predicted octanol–water partition coefficient (Wildman–Crippen LogP) is 3.42. The van der Waals surface area contributed by atoms with Gasteiger partial charge in [-0.15, -0.1) is 22.7 Å². The molecule has 2 N–H and O–H groups in total. The minimum Gasteiger partial charge on any atom is -0.330 e. The molecule has 0 aliphatic carbocycles. The number of aryl methyl sites for hydroxylation is 1. The molecule has 0 fully saturated rings. The van der Waals surface area contributed by atoms with Crippen molar-refractivity contribution in [1.29, 1.82) is 0 Å². The fourth-order valence-electron chi connectivity index (χ4n) is 1.24. The summed E-state index contributed by atoms with van der Waals surface area (Å²) < 4.78 is 0.821. The van der Waals surface area contributed by atoms with Crippen molar-refractivity contribution in [2.45, 2.75) is 12.8 Å². The predicted molar refractivity (Wildman–Crippen MR) is 67.8 cm³/mol. The molecule has 0 unspecified atom stereocenters. The van der Waals surface area contributed by atoms with Crippen LogP contribution in [0.5, 0.6) is 0 Å². The van der Waals surface area contributed by atoms with Crippen LogP contribution in [0, 0.1) is 0 Å². The van der Waals surface area contributed by atoms with Crippen molar-refractivity contribution in [2.24, 2.45) is 5.73 Å². The molecule has 0 amide bonds. The second-order valence-electron chi connectivity index (χ2n) is 3.11. The lowest BCUT2D eigenvalue weighted by Crippen LogP contribution is -1.99. The molecule has 0 saturated heterocycles. The van der Waals surface area contributed by atoms with Crippen molar-refractivity contribution in [3.63, 3.8) is 0 Å². The van der Waals surface area contributed by atoms with E-state index in [1.54, 1.807) is 22.7 Å². The van der Waals surface area contributed by atoms with Gasteiger partial charge in [0.15, 0.2) is 0 Å². The third kappa shape index (κ3) is 2.78. The maximum atomic E-state index is 5.89. The minimum atomic E-state index is 0.722. The fourth-order valence-corrected chi connectivity index (χ4v) is 3.32. The molecule has 0 aliphatic rings. The highest BCUT2D eigenvalue weighted by molar-refractivity contribution is 7.24. The average molecular weight is 259 g/mol. The van der Waals surface area contributed by atoms with Gasteiger partial charge in [0.05, 0.1) is 14.2 Å². The normalized spacial score (nSPS) is 10.8. The van der Waals surface area contributed by atoms with Crippen LogP contribution in [0.1, 0.15) is 11.4 Å². The Kier molecular flexibility index (Phi) is 3.75. The van der Waals surface area contributed by atoms with Crippen LogP contribution >= 0.6 is 34.3 Å². The van der Waals surface area contributed by atoms with Crippen LogP contribution < -0.4 is 5.73 Å². The van der Waals surface area contributed by atoms with Gasteiger partial charge in [-0.25, -0.2) is 4.98 Å². The number of hydrogen-bond donors (Lipinski definition) is 1. The Morgan fingerprint density at radius 2 is 2.13 bits per heavy atom. The average Bonchev–Trinajstić information content (AvgIpc) is 2.83. The number of hydrogen-bond acceptors (Lipinski definition) is 4. The molecule has 0 atom stereocenters. The standard InChI is InChI=1S/C10H11ClN2S2/c11-9-4-3-7(14-9)8-6-13-10(15-8)2-1-5-12/h3-4,6H,1-2,5,12H2. The summed E-state index contributed by atoms with van der Waals surface area (Å²) in [5.74, 6) is 0. The molecule has 5 heteroatoms. The number of rotatable bonds is 4. The Bertz CT molecular complexity index is 436. The SMILES string of the molecule is NCCCc1ncc(-c2ccc(Cl)s2)s1. The van der Waals surface area contributed by atoms with E-state index in [-0.39, 0.29) is 0 Å². The van der Waals surface area contributed by atoms with Crippen LogP contribution in [0.3, 0.4) is 0 Å². The summed E-state index contributed by atoms with van der Waals surface area (Å²) in [5, 5.41) is 1.15. The van der Waals surface area contributed by atoms with Gasteiger partial charge < -0.3 is 5.73 Å². The van der Waals surface area contributed by atoms with Crippen LogP contribution in [-0.2, 0) is 6.42 Å². The Balaban J connectivity index is 2.13. The summed E-state index contributed by atoms with van der Waals surface area (Å²) >= 11 is 9.20. The Labute approximate surface area is 102 Å². The zero-order valence-electron chi connectivity index (χ0n) is 8.07. The van der Waals surface area contributed by atoms with E-state index in [1.807, 2.05) is 18.3 Å². The van der Waals surface area contributed by atoms with Crippen LogP contribution in [0.25, 0.3) is 9.75 Å². The first-order valence-electron chi connectivity index (χ1n) is 4.70. The molecule has 2 heterocycles. The number of thiazole rings is 1. The van der Waals surface area contributed by atoms with Gasteiger partial charge in [-0.2, -0.15) is 0 Å². The maximum absolute atomic E-state index is 5.89. The molecule has 0 spiro atoms. The second-order valence-corrected chi connectivity index (χ2v) is 5.94. The highest BCUT2D eigenvalue weighted by atomic mass is 35.5. The molecule has 2 nitrogen and oxygen atoms in total. The van der Waals surface area contributed by atoms with Crippen LogP contribution in [-0.4, -0.2) is 11.5 Å². The summed E-state index contributed by atoms with van der Waals surface area (Å²) in [6.45, 7) is 0.722. The molecule has 80 valence electrons. The molecular formula is C10H11ClN2S2. The van der Waals surface area contributed by atoms with Gasteiger partial charge in [-0.1, -0.05) is 11.6 Å². The van der Waals surface area contributed by atoms with Gasteiger partial charge >= 0.3 is 0 Å². The van der Waals surface area contributed by atoms with E-state index < -0.39 is 0 Å². The lowest BCUT2D eigenvalue weighted by atomic mass is 10.3. The van der Waals surface area contributed by atoms with E-state index in [1.165, 1.54) is 9.75 Å². The topological polar surface area (TPSA) is 38.9 Å². The van der Waals surface area contributed by atoms with Crippen molar-refractivity contribution in [3.05, 3.63) is 27.7 Å². The van der Waals surface area contributed by atoms with Gasteiger partial charge in [-0.05, 0) is 25.1 Å². The molecule has 2 aromatic heterocycles. The summed E-state index contributed by atoms with van der Waals surface area (Å²) in [7, 11) is 0. The molecule has 0 saturated carbocycles. The Morgan fingerprint density at radius 3 is 2.80 bits per heavy atom. The summed E-state index contributed by atoms with van der Waals surface area (Å²) in [6, 6.07) is 3.95. The van der Waals surface area contributed by atoms with Crippen molar-refractivity contribution in [1.82, 2.24) is 4.98 Å². The van der Waals surface area contributed by atoms with E-state index in [2.05, 4.69) is 4.98 Å². The highest BCUT2D eigenvalue weighted by Crippen LogP contribution is 2.34. The van der Waals surface area contributed by atoms with Crippen molar-refractivity contribution in [3.8, 4) is 9.75 Å². The molecule has 15 heavy (non-hydrogen) atoms. The van der Waals surface area contributed by atoms with Crippen molar-refractivity contribution in [2.75, 3.05) is 6.54 Å². The second kappa shape index (κ2) is 5.07. The third-order valence-corrected chi connectivity index (χ3v) is 4.45. The number of nitrogens with two attached hydrogens (primary N) is 1. The van der Waals surface area contributed by atoms with Crippen molar-refractivity contribution < 1.29 is 0 Å². The van der Waals surface area contributed by atoms with Crippen LogP contribution in [0.4, 0.5) is 0 Å². The summed E-state index contributed by atoms with van der Waals surface area (Å²) in [6.07, 6.45) is 3.89. The lowest BCUT2D eigenvalue weighted by molar-refractivity contribution is 0.826. The zero-order valence-corrected chi connectivity index (χ0v) is 10.5. The fraction of sp³-hybridized carbons (Fsp3) is 0.300. The van der Waals surface area contributed by atoms with Gasteiger partial charge in [0, 0.05) is 17.5 Å².